The molecule has 1 aliphatic rings. The Labute approximate surface area is 185 Å². The summed E-state index contributed by atoms with van der Waals surface area (Å²) < 4.78 is 10.5. The molecular weight excluding hydrogens is 412 g/mol. The molecule has 31 heavy (non-hydrogen) atoms. The van der Waals surface area contributed by atoms with Gasteiger partial charge in [0.25, 0.3) is 0 Å². The molecule has 0 radical (unpaired) electrons. The number of aliphatic imine (C=N–C) groups is 1. The van der Waals surface area contributed by atoms with Crippen LogP contribution in [-0.2, 0) is 11.2 Å². The van der Waals surface area contributed by atoms with E-state index >= 15 is 0 Å². The number of benzene rings is 3. The summed E-state index contributed by atoms with van der Waals surface area (Å²) in [6.07, 6.45) is 0.438. The molecule has 3 aromatic rings. The second-order valence-corrected chi connectivity index (χ2v) is 8.07. The fourth-order valence-corrected chi connectivity index (χ4v) is 4.58. The van der Waals surface area contributed by atoms with Gasteiger partial charge in [-0.15, -0.1) is 0 Å². The summed E-state index contributed by atoms with van der Waals surface area (Å²) in [7, 11) is 2.96. The summed E-state index contributed by atoms with van der Waals surface area (Å²) in [5.74, 6) is 0.513. The summed E-state index contributed by atoms with van der Waals surface area (Å²) >= 11 is 1.42. The van der Waals surface area contributed by atoms with E-state index in [1.807, 2.05) is 60.7 Å². The predicted molar refractivity (Wildman–Crippen MR) is 124 cm³/mol. The van der Waals surface area contributed by atoms with E-state index in [-0.39, 0.29) is 16.9 Å². The summed E-state index contributed by atoms with van der Waals surface area (Å²) in [4.78, 5) is 19.8. The maximum absolute atomic E-state index is 13.4. The van der Waals surface area contributed by atoms with Crippen LogP contribution in [0.1, 0.15) is 5.56 Å². The number of rotatable bonds is 6. The molecule has 7 heteroatoms. The van der Waals surface area contributed by atoms with E-state index in [0.29, 0.717) is 23.1 Å². The molecule has 0 bridgehead atoms. The van der Waals surface area contributed by atoms with Crippen LogP contribution >= 0.6 is 11.8 Å². The smallest absolute Gasteiger partial charge is 0.247 e. The average Bonchev–Trinajstić information content (AvgIpc) is 3.10. The molecule has 0 aromatic heterocycles. The van der Waals surface area contributed by atoms with Gasteiger partial charge in [-0.3, -0.25) is 9.69 Å². The quantitative estimate of drug-likeness (QED) is 0.604. The molecule has 0 spiro atoms. The van der Waals surface area contributed by atoms with Gasteiger partial charge in [0.2, 0.25) is 11.7 Å². The number of para-hydroxylation sites is 2. The molecule has 1 aliphatic heterocycles. The summed E-state index contributed by atoms with van der Waals surface area (Å²) in [6, 6.07) is 22.5. The van der Waals surface area contributed by atoms with Crippen molar-refractivity contribution in [3.63, 3.8) is 0 Å². The molecule has 1 N–H and O–H groups in total. The molecule has 3 aromatic carbocycles. The van der Waals surface area contributed by atoms with Crippen LogP contribution < -0.4 is 14.4 Å². The molecular formula is C24H22N2O4S. The lowest BCUT2D eigenvalue weighted by Crippen LogP contribution is -2.32. The number of phenols is 1. The standard InChI is InChI=1S/C24H22N2O4S/c1-29-19-13-16(14-20(30-2)22(19)27)15-21-23(28)26(18-11-7-4-8-12-18)24(31-21)25-17-9-5-3-6-10-17/h3-14,21,27H,15H2,1-2H3. The number of amides is 1. The van der Waals surface area contributed by atoms with Crippen LogP contribution in [0.15, 0.2) is 77.8 Å². The molecule has 158 valence electrons. The van der Waals surface area contributed by atoms with Gasteiger partial charge in [0.05, 0.1) is 30.8 Å². The maximum Gasteiger partial charge on any atom is 0.247 e. The van der Waals surface area contributed by atoms with Gasteiger partial charge in [-0.2, -0.15) is 0 Å². The number of aromatic hydroxyl groups is 1. The van der Waals surface area contributed by atoms with Crippen LogP contribution in [0.2, 0.25) is 0 Å². The number of thioether (sulfide) groups is 1. The Kier molecular flexibility index (Phi) is 6.13. The zero-order valence-electron chi connectivity index (χ0n) is 17.2. The third-order valence-electron chi connectivity index (χ3n) is 4.89. The highest BCUT2D eigenvalue weighted by Crippen LogP contribution is 2.40. The van der Waals surface area contributed by atoms with Gasteiger partial charge in [0.1, 0.15) is 0 Å². The topological polar surface area (TPSA) is 71.4 Å². The van der Waals surface area contributed by atoms with Gasteiger partial charge < -0.3 is 14.6 Å². The molecule has 4 rings (SSSR count). The first kappa shape index (κ1) is 20.8. The zero-order chi connectivity index (χ0) is 21.8. The van der Waals surface area contributed by atoms with E-state index in [1.165, 1.54) is 26.0 Å². The average molecular weight is 435 g/mol. The second kappa shape index (κ2) is 9.14. The Bertz CT molecular complexity index is 1080. The van der Waals surface area contributed by atoms with Gasteiger partial charge >= 0.3 is 0 Å². The lowest BCUT2D eigenvalue weighted by Gasteiger charge is -2.16. The summed E-state index contributed by atoms with van der Waals surface area (Å²) in [6.45, 7) is 0. The van der Waals surface area contributed by atoms with E-state index in [1.54, 1.807) is 17.0 Å². The Morgan fingerprint density at radius 1 is 0.968 bits per heavy atom. The van der Waals surface area contributed by atoms with Crippen molar-refractivity contribution in [1.29, 1.82) is 0 Å². The number of carbonyl (C=O) groups excluding carboxylic acids is 1. The number of carbonyl (C=O) groups is 1. The van der Waals surface area contributed by atoms with Crippen molar-refractivity contribution < 1.29 is 19.4 Å². The summed E-state index contributed by atoms with van der Waals surface area (Å²) in [5, 5.41) is 10.4. The van der Waals surface area contributed by atoms with E-state index < -0.39 is 0 Å². The minimum absolute atomic E-state index is 0.0445. The Balaban J connectivity index is 1.69. The third kappa shape index (κ3) is 4.36. The van der Waals surface area contributed by atoms with E-state index in [9.17, 15) is 9.90 Å². The van der Waals surface area contributed by atoms with Crippen molar-refractivity contribution in [2.45, 2.75) is 11.7 Å². The third-order valence-corrected chi connectivity index (χ3v) is 6.03. The van der Waals surface area contributed by atoms with Crippen LogP contribution in [0.5, 0.6) is 17.2 Å². The number of methoxy groups -OCH3 is 2. The Hall–Kier alpha value is -3.45. The number of hydrogen-bond acceptors (Lipinski definition) is 6. The lowest BCUT2D eigenvalue weighted by molar-refractivity contribution is -0.116. The fourth-order valence-electron chi connectivity index (χ4n) is 3.38. The van der Waals surface area contributed by atoms with Crippen LogP contribution in [0.3, 0.4) is 0 Å². The Morgan fingerprint density at radius 2 is 1.55 bits per heavy atom. The molecule has 0 saturated carbocycles. The number of hydrogen-bond donors (Lipinski definition) is 1. The van der Waals surface area contributed by atoms with Crippen molar-refractivity contribution in [3.05, 3.63) is 78.4 Å². The van der Waals surface area contributed by atoms with Gasteiger partial charge in [0, 0.05) is 0 Å². The van der Waals surface area contributed by atoms with Crippen molar-refractivity contribution in [3.8, 4) is 17.2 Å². The van der Waals surface area contributed by atoms with Gasteiger partial charge in [-0.1, -0.05) is 48.2 Å². The number of amidine groups is 1. The zero-order valence-corrected chi connectivity index (χ0v) is 18.0. The van der Waals surface area contributed by atoms with Gasteiger partial charge in [0.15, 0.2) is 16.7 Å². The van der Waals surface area contributed by atoms with E-state index in [4.69, 9.17) is 14.5 Å². The SMILES string of the molecule is COc1cc(CC2SC(=Nc3ccccc3)N(c3ccccc3)C2=O)cc(OC)c1O. The van der Waals surface area contributed by atoms with Crippen LogP contribution in [-0.4, -0.2) is 35.7 Å². The van der Waals surface area contributed by atoms with Gasteiger partial charge in [-0.25, -0.2) is 4.99 Å². The highest BCUT2D eigenvalue weighted by atomic mass is 32.2. The first-order chi connectivity index (χ1) is 15.1. The normalized spacial score (nSPS) is 17.2. The molecule has 1 unspecified atom stereocenters. The minimum atomic E-state index is -0.373. The highest BCUT2D eigenvalue weighted by molar-refractivity contribution is 8.16. The van der Waals surface area contributed by atoms with Gasteiger partial charge in [-0.05, 0) is 48.4 Å². The maximum atomic E-state index is 13.4. The van der Waals surface area contributed by atoms with E-state index in [2.05, 4.69) is 0 Å². The molecule has 6 nitrogen and oxygen atoms in total. The second-order valence-electron chi connectivity index (χ2n) is 6.90. The first-order valence-corrected chi connectivity index (χ1v) is 10.6. The first-order valence-electron chi connectivity index (χ1n) is 9.74. The molecule has 1 fully saturated rings. The molecule has 1 heterocycles. The monoisotopic (exact) mass is 434 g/mol. The fraction of sp³-hybridized carbons (Fsp3) is 0.167. The number of nitrogens with zero attached hydrogens (tertiary/aromatic N) is 2. The molecule has 1 amide bonds. The Morgan fingerprint density at radius 3 is 2.13 bits per heavy atom. The van der Waals surface area contributed by atoms with Crippen molar-refractivity contribution in [2.24, 2.45) is 4.99 Å². The number of anilines is 1. The highest BCUT2D eigenvalue weighted by Gasteiger charge is 2.39. The molecule has 1 atom stereocenters. The largest absolute Gasteiger partial charge is 0.502 e. The van der Waals surface area contributed by atoms with Crippen LogP contribution in [0, 0.1) is 0 Å². The van der Waals surface area contributed by atoms with Crippen LogP contribution in [0.4, 0.5) is 11.4 Å². The molecule has 0 aliphatic carbocycles. The van der Waals surface area contributed by atoms with Crippen molar-refractivity contribution in [2.75, 3.05) is 19.1 Å². The number of ether oxygens (including phenoxy) is 2. The van der Waals surface area contributed by atoms with Crippen LogP contribution in [0.25, 0.3) is 0 Å². The molecule has 1 saturated heterocycles. The van der Waals surface area contributed by atoms with Crippen molar-refractivity contribution >= 4 is 34.2 Å². The van der Waals surface area contributed by atoms with E-state index in [0.717, 1.165) is 16.9 Å². The predicted octanol–water partition coefficient (Wildman–Crippen LogP) is 4.79. The number of phenolic OH excluding ortho intramolecular Hbond substituents is 1. The minimum Gasteiger partial charge on any atom is -0.502 e. The lowest BCUT2D eigenvalue weighted by atomic mass is 10.1. The van der Waals surface area contributed by atoms with Crippen molar-refractivity contribution in [1.82, 2.24) is 0 Å². The summed E-state index contributed by atoms with van der Waals surface area (Å²) in [5.41, 5.74) is 2.39.